The molecule has 7 nitrogen and oxygen atoms in total. The number of aromatic amines is 1. The fraction of sp³-hybridized carbons (Fsp3) is 0.667. The maximum Gasteiger partial charge on any atom is 0.224 e. The Bertz CT molecular complexity index is 801. The van der Waals surface area contributed by atoms with Gasteiger partial charge in [-0.1, -0.05) is 13.3 Å². The van der Waals surface area contributed by atoms with Gasteiger partial charge in [0.2, 0.25) is 5.91 Å². The lowest BCUT2D eigenvalue weighted by Gasteiger charge is -2.50. The van der Waals surface area contributed by atoms with Crippen LogP contribution >= 0.6 is 0 Å². The minimum atomic E-state index is -0.00188. The molecular weight excluding hydrogens is 352 g/mol. The van der Waals surface area contributed by atoms with Crippen LogP contribution in [0.1, 0.15) is 56.1 Å². The van der Waals surface area contributed by atoms with Gasteiger partial charge >= 0.3 is 0 Å². The number of aromatic nitrogens is 4. The number of imidazole rings is 1. The zero-order valence-electron chi connectivity index (χ0n) is 17.2. The van der Waals surface area contributed by atoms with E-state index in [-0.39, 0.29) is 11.4 Å². The molecule has 0 bridgehead atoms. The molecule has 4 heterocycles. The molecule has 0 unspecified atom stereocenters. The molecule has 28 heavy (non-hydrogen) atoms. The van der Waals surface area contributed by atoms with E-state index in [9.17, 15) is 4.79 Å². The van der Waals surface area contributed by atoms with E-state index < -0.39 is 0 Å². The van der Waals surface area contributed by atoms with Crippen LogP contribution in [0, 0.1) is 6.92 Å². The number of hydrogen-bond donors (Lipinski definition) is 1. The molecule has 2 aliphatic heterocycles. The van der Waals surface area contributed by atoms with E-state index in [1.165, 1.54) is 24.2 Å². The molecule has 0 aromatic carbocycles. The van der Waals surface area contributed by atoms with Gasteiger partial charge in [0.1, 0.15) is 0 Å². The minimum Gasteiger partial charge on any atom is -0.348 e. The summed E-state index contributed by atoms with van der Waals surface area (Å²) in [6, 6.07) is 1.98. The summed E-state index contributed by atoms with van der Waals surface area (Å²) in [6.07, 6.45) is 9.57. The standard InChI is InChI=1S/C21H32N6O/c1-3-4-11-26-12-6-18-20(23-16-22-18)21(26)8-14-25(15-9-21)19(28)7-13-27-17(2)5-10-24-27/h5,10,16H,3-4,6-9,11-15H2,1-2H3,(H,22,23). The largest absolute Gasteiger partial charge is 0.348 e. The fourth-order valence-corrected chi connectivity index (χ4v) is 4.87. The third kappa shape index (κ3) is 3.48. The zero-order valence-corrected chi connectivity index (χ0v) is 17.2. The molecule has 1 amide bonds. The molecule has 0 radical (unpaired) electrons. The van der Waals surface area contributed by atoms with Crippen LogP contribution in [0.25, 0.3) is 0 Å². The maximum absolute atomic E-state index is 12.8. The number of hydrogen-bond acceptors (Lipinski definition) is 4. The topological polar surface area (TPSA) is 70.1 Å². The van der Waals surface area contributed by atoms with Crippen molar-refractivity contribution in [3.8, 4) is 0 Å². The summed E-state index contributed by atoms with van der Waals surface area (Å²) < 4.78 is 1.91. The highest BCUT2D eigenvalue weighted by Gasteiger charge is 2.46. The quantitative estimate of drug-likeness (QED) is 0.831. The van der Waals surface area contributed by atoms with Crippen LogP contribution in [0.2, 0.25) is 0 Å². The van der Waals surface area contributed by atoms with Crippen molar-refractivity contribution >= 4 is 5.91 Å². The Hall–Kier alpha value is -2.15. The Morgan fingerprint density at radius 2 is 2.07 bits per heavy atom. The number of piperidine rings is 1. The summed E-state index contributed by atoms with van der Waals surface area (Å²) in [5.41, 5.74) is 3.62. The highest BCUT2D eigenvalue weighted by molar-refractivity contribution is 5.76. The van der Waals surface area contributed by atoms with Crippen molar-refractivity contribution in [2.24, 2.45) is 0 Å². The molecule has 7 heteroatoms. The van der Waals surface area contributed by atoms with Crippen LogP contribution in [-0.4, -0.2) is 61.6 Å². The number of amides is 1. The van der Waals surface area contributed by atoms with Gasteiger partial charge in [0, 0.05) is 56.6 Å². The number of nitrogens with zero attached hydrogens (tertiary/aromatic N) is 5. The summed E-state index contributed by atoms with van der Waals surface area (Å²) in [7, 11) is 0. The minimum absolute atomic E-state index is 0.00188. The number of aryl methyl sites for hydroxylation is 2. The van der Waals surface area contributed by atoms with E-state index in [2.05, 4.69) is 21.9 Å². The van der Waals surface area contributed by atoms with Crippen molar-refractivity contribution < 1.29 is 4.79 Å². The predicted octanol–water partition coefficient (Wildman–Crippen LogP) is 2.48. The molecule has 2 aromatic heterocycles. The summed E-state index contributed by atoms with van der Waals surface area (Å²) in [6.45, 7) is 8.76. The van der Waals surface area contributed by atoms with Gasteiger partial charge in [-0.2, -0.15) is 5.10 Å². The van der Waals surface area contributed by atoms with Crippen molar-refractivity contribution in [2.75, 3.05) is 26.2 Å². The normalized spacial score (nSPS) is 19.1. The zero-order chi connectivity index (χ0) is 19.6. The monoisotopic (exact) mass is 384 g/mol. The number of H-pyrrole nitrogens is 1. The van der Waals surface area contributed by atoms with Crippen molar-refractivity contribution in [3.63, 3.8) is 0 Å². The Labute approximate surface area is 167 Å². The highest BCUT2D eigenvalue weighted by Crippen LogP contribution is 2.42. The van der Waals surface area contributed by atoms with Crippen LogP contribution in [0.3, 0.4) is 0 Å². The van der Waals surface area contributed by atoms with E-state index in [4.69, 9.17) is 4.98 Å². The maximum atomic E-state index is 12.8. The highest BCUT2D eigenvalue weighted by atomic mass is 16.2. The molecule has 4 rings (SSSR count). The number of unbranched alkanes of at least 4 members (excludes halogenated alkanes) is 1. The van der Waals surface area contributed by atoms with Crippen LogP contribution in [0.4, 0.5) is 0 Å². The number of likely N-dealkylation sites (tertiary alicyclic amines) is 1. The predicted molar refractivity (Wildman–Crippen MR) is 108 cm³/mol. The van der Waals surface area contributed by atoms with Gasteiger partial charge in [-0.25, -0.2) is 4.98 Å². The van der Waals surface area contributed by atoms with Crippen LogP contribution in [-0.2, 0) is 23.3 Å². The van der Waals surface area contributed by atoms with E-state index in [1.54, 1.807) is 6.20 Å². The van der Waals surface area contributed by atoms with E-state index >= 15 is 0 Å². The smallest absolute Gasteiger partial charge is 0.224 e. The average molecular weight is 385 g/mol. The summed E-state index contributed by atoms with van der Waals surface area (Å²) in [5.74, 6) is 0.239. The number of fused-ring (bicyclic) bond motifs is 2. The van der Waals surface area contributed by atoms with Crippen LogP contribution in [0.15, 0.2) is 18.6 Å². The molecule has 1 saturated heterocycles. The SMILES string of the molecule is CCCCN1CCc2[nH]cnc2C12CCN(C(=O)CCn1nccc1C)CC2. The molecule has 0 saturated carbocycles. The Morgan fingerprint density at radius 3 is 2.79 bits per heavy atom. The van der Waals surface area contributed by atoms with Crippen LogP contribution < -0.4 is 0 Å². The molecule has 1 spiro atoms. The number of nitrogens with one attached hydrogen (secondary N) is 1. The lowest BCUT2D eigenvalue weighted by atomic mass is 9.78. The summed E-state index contributed by atoms with van der Waals surface area (Å²) >= 11 is 0. The molecule has 1 fully saturated rings. The Morgan fingerprint density at radius 1 is 1.25 bits per heavy atom. The van der Waals surface area contributed by atoms with E-state index in [1.807, 2.05) is 28.9 Å². The first-order chi connectivity index (χ1) is 13.6. The van der Waals surface area contributed by atoms with Crippen molar-refractivity contribution in [2.45, 2.75) is 64.5 Å². The Kier molecular flexibility index (Phi) is 5.53. The third-order valence-corrected chi connectivity index (χ3v) is 6.59. The molecule has 0 atom stereocenters. The van der Waals surface area contributed by atoms with Gasteiger partial charge in [0.05, 0.1) is 17.6 Å². The molecular formula is C21H32N6O. The first kappa shape index (κ1) is 19.2. The summed E-state index contributed by atoms with van der Waals surface area (Å²) in [4.78, 5) is 25.5. The van der Waals surface area contributed by atoms with Gasteiger partial charge in [-0.3, -0.25) is 14.4 Å². The van der Waals surface area contributed by atoms with Crippen molar-refractivity contribution in [1.29, 1.82) is 0 Å². The number of rotatable bonds is 6. The second-order valence-corrected chi connectivity index (χ2v) is 8.18. The van der Waals surface area contributed by atoms with Gasteiger partial charge in [0.15, 0.2) is 0 Å². The molecule has 152 valence electrons. The van der Waals surface area contributed by atoms with Gasteiger partial charge < -0.3 is 9.88 Å². The van der Waals surface area contributed by atoms with Crippen molar-refractivity contribution in [3.05, 3.63) is 35.7 Å². The average Bonchev–Trinajstić information content (AvgIpc) is 3.35. The second-order valence-electron chi connectivity index (χ2n) is 8.18. The van der Waals surface area contributed by atoms with E-state index in [0.29, 0.717) is 13.0 Å². The molecule has 0 aliphatic carbocycles. The lowest BCUT2D eigenvalue weighted by molar-refractivity contribution is -0.134. The Balaban J connectivity index is 1.42. The molecule has 1 N–H and O–H groups in total. The van der Waals surface area contributed by atoms with Crippen molar-refractivity contribution in [1.82, 2.24) is 29.5 Å². The van der Waals surface area contributed by atoms with Gasteiger partial charge in [-0.05, 0) is 38.8 Å². The first-order valence-electron chi connectivity index (χ1n) is 10.7. The third-order valence-electron chi connectivity index (χ3n) is 6.59. The fourth-order valence-electron chi connectivity index (χ4n) is 4.87. The van der Waals surface area contributed by atoms with Gasteiger partial charge in [-0.15, -0.1) is 0 Å². The van der Waals surface area contributed by atoms with E-state index in [0.717, 1.165) is 51.1 Å². The number of carbonyl (C=O) groups is 1. The lowest BCUT2D eigenvalue weighted by Crippen LogP contribution is -2.57. The van der Waals surface area contributed by atoms with Crippen LogP contribution in [0.5, 0.6) is 0 Å². The first-order valence-corrected chi connectivity index (χ1v) is 10.7. The second kappa shape index (κ2) is 8.07. The molecule has 2 aromatic rings. The molecule has 2 aliphatic rings. The van der Waals surface area contributed by atoms with Gasteiger partial charge in [0.25, 0.3) is 0 Å². The summed E-state index contributed by atoms with van der Waals surface area (Å²) in [5, 5.41) is 4.29. The number of carbonyl (C=O) groups excluding carboxylic acids is 1.